The van der Waals surface area contributed by atoms with Crippen LogP contribution in [0.5, 0.6) is 0 Å². The summed E-state index contributed by atoms with van der Waals surface area (Å²) in [6, 6.07) is 3.30. The summed E-state index contributed by atoms with van der Waals surface area (Å²) in [4.78, 5) is 0. The molecule has 2 aliphatic heterocycles. The van der Waals surface area contributed by atoms with E-state index in [9.17, 15) is 13.5 Å². The fourth-order valence-electron chi connectivity index (χ4n) is 3.71. The fraction of sp³-hybridized carbons (Fsp3) is 0.750. The minimum Gasteiger partial charge on any atom is -0.467 e. The van der Waals surface area contributed by atoms with Crippen molar-refractivity contribution in [1.29, 1.82) is 0 Å². The topological polar surface area (TPSA) is 74.0 Å². The maximum atomic E-state index is 13.0. The van der Waals surface area contributed by atoms with Crippen molar-refractivity contribution in [3.8, 4) is 0 Å². The SMILES string of the molecule is C[C@@H]1CCCN(S(=O)(=O)N2CCC[C@H]2C[C@H](O)c2ccco2)C1. The first-order valence-electron chi connectivity index (χ1n) is 8.47. The lowest BCUT2D eigenvalue weighted by Gasteiger charge is -2.35. The third-order valence-electron chi connectivity index (χ3n) is 4.93. The van der Waals surface area contributed by atoms with Crippen molar-refractivity contribution in [2.45, 2.75) is 51.2 Å². The zero-order chi connectivity index (χ0) is 16.4. The Morgan fingerprint density at radius 2 is 2.13 bits per heavy atom. The molecule has 7 heteroatoms. The van der Waals surface area contributed by atoms with Gasteiger partial charge in [-0.05, 0) is 50.2 Å². The van der Waals surface area contributed by atoms with Crippen LogP contribution >= 0.6 is 0 Å². The van der Waals surface area contributed by atoms with E-state index in [1.807, 2.05) is 0 Å². The van der Waals surface area contributed by atoms with Gasteiger partial charge in [-0.3, -0.25) is 0 Å². The van der Waals surface area contributed by atoms with Gasteiger partial charge in [-0.2, -0.15) is 17.0 Å². The molecule has 0 radical (unpaired) electrons. The van der Waals surface area contributed by atoms with Gasteiger partial charge in [0, 0.05) is 25.7 Å². The first-order valence-corrected chi connectivity index (χ1v) is 9.86. The number of rotatable bonds is 5. The van der Waals surface area contributed by atoms with E-state index >= 15 is 0 Å². The Balaban J connectivity index is 1.70. The van der Waals surface area contributed by atoms with E-state index in [-0.39, 0.29) is 6.04 Å². The minimum atomic E-state index is -3.43. The van der Waals surface area contributed by atoms with Crippen LogP contribution in [-0.2, 0) is 10.2 Å². The summed E-state index contributed by atoms with van der Waals surface area (Å²) < 4.78 is 34.4. The highest BCUT2D eigenvalue weighted by molar-refractivity contribution is 7.86. The van der Waals surface area contributed by atoms with E-state index < -0.39 is 16.3 Å². The Morgan fingerprint density at radius 3 is 2.83 bits per heavy atom. The van der Waals surface area contributed by atoms with Gasteiger partial charge in [-0.1, -0.05) is 6.92 Å². The number of aliphatic hydroxyl groups is 1. The molecular weight excluding hydrogens is 316 g/mol. The molecule has 0 unspecified atom stereocenters. The van der Waals surface area contributed by atoms with Gasteiger partial charge in [0.15, 0.2) is 0 Å². The number of hydrogen-bond acceptors (Lipinski definition) is 4. The van der Waals surface area contributed by atoms with E-state index in [0.29, 0.717) is 37.7 Å². The molecule has 3 atom stereocenters. The van der Waals surface area contributed by atoms with Gasteiger partial charge in [0.2, 0.25) is 0 Å². The third kappa shape index (κ3) is 3.63. The van der Waals surface area contributed by atoms with Crippen molar-refractivity contribution in [2.24, 2.45) is 5.92 Å². The summed E-state index contributed by atoms with van der Waals surface area (Å²) >= 11 is 0. The van der Waals surface area contributed by atoms with Gasteiger partial charge < -0.3 is 9.52 Å². The van der Waals surface area contributed by atoms with Crippen LogP contribution in [0.25, 0.3) is 0 Å². The Morgan fingerprint density at radius 1 is 1.35 bits per heavy atom. The summed E-state index contributed by atoms with van der Waals surface area (Å²) in [5.74, 6) is 0.911. The average Bonchev–Trinajstić information content (AvgIpc) is 3.18. The molecule has 6 nitrogen and oxygen atoms in total. The summed E-state index contributed by atoms with van der Waals surface area (Å²) in [5, 5.41) is 10.3. The van der Waals surface area contributed by atoms with Gasteiger partial charge in [0.05, 0.1) is 6.26 Å². The Hall–Kier alpha value is -0.890. The normalized spacial score (nSPS) is 29.0. The Labute approximate surface area is 138 Å². The van der Waals surface area contributed by atoms with Gasteiger partial charge in [0.1, 0.15) is 11.9 Å². The van der Waals surface area contributed by atoms with Crippen LogP contribution < -0.4 is 0 Å². The van der Waals surface area contributed by atoms with Crippen LogP contribution in [0.4, 0.5) is 0 Å². The summed E-state index contributed by atoms with van der Waals surface area (Å²) in [5.41, 5.74) is 0. The average molecular weight is 342 g/mol. The molecule has 0 aromatic carbocycles. The van der Waals surface area contributed by atoms with Crippen LogP contribution in [0.1, 0.15) is 50.9 Å². The molecule has 2 saturated heterocycles. The monoisotopic (exact) mass is 342 g/mol. The second-order valence-corrected chi connectivity index (χ2v) is 8.67. The van der Waals surface area contributed by atoms with E-state index in [4.69, 9.17) is 4.42 Å². The van der Waals surface area contributed by atoms with Crippen molar-refractivity contribution in [3.05, 3.63) is 24.2 Å². The van der Waals surface area contributed by atoms with E-state index in [1.165, 1.54) is 6.26 Å². The zero-order valence-electron chi connectivity index (χ0n) is 13.6. The summed E-state index contributed by atoms with van der Waals surface area (Å²) in [6.45, 7) is 3.86. The lowest BCUT2D eigenvalue weighted by atomic mass is 10.0. The van der Waals surface area contributed by atoms with Crippen molar-refractivity contribution in [3.63, 3.8) is 0 Å². The first-order chi connectivity index (χ1) is 11.0. The molecule has 1 aromatic rings. The summed E-state index contributed by atoms with van der Waals surface area (Å²) in [6.07, 6.45) is 4.80. The first kappa shape index (κ1) is 17.0. The number of aliphatic hydroxyl groups excluding tert-OH is 1. The van der Waals surface area contributed by atoms with Crippen LogP contribution in [0.15, 0.2) is 22.8 Å². The van der Waals surface area contributed by atoms with Crippen LogP contribution in [-0.4, -0.2) is 47.8 Å². The van der Waals surface area contributed by atoms with Crippen molar-refractivity contribution < 1.29 is 17.9 Å². The van der Waals surface area contributed by atoms with Crippen LogP contribution in [0.3, 0.4) is 0 Å². The van der Waals surface area contributed by atoms with Crippen molar-refractivity contribution >= 4 is 10.2 Å². The maximum Gasteiger partial charge on any atom is 0.282 e. The molecule has 130 valence electrons. The fourth-order valence-corrected chi connectivity index (χ4v) is 5.73. The molecule has 23 heavy (non-hydrogen) atoms. The Bertz CT molecular complexity index is 602. The molecule has 0 amide bonds. The van der Waals surface area contributed by atoms with Crippen molar-refractivity contribution in [2.75, 3.05) is 19.6 Å². The third-order valence-corrected chi connectivity index (χ3v) is 6.99. The van der Waals surface area contributed by atoms with Gasteiger partial charge >= 0.3 is 0 Å². The highest BCUT2D eigenvalue weighted by Crippen LogP contribution is 2.32. The molecule has 2 fully saturated rings. The molecule has 0 spiro atoms. The van der Waals surface area contributed by atoms with E-state index in [1.54, 1.807) is 20.7 Å². The number of furan rings is 1. The predicted molar refractivity (Wildman–Crippen MR) is 86.9 cm³/mol. The number of hydrogen-bond donors (Lipinski definition) is 1. The highest BCUT2D eigenvalue weighted by Gasteiger charge is 2.40. The second-order valence-electron chi connectivity index (χ2n) is 6.79. The number of piperidine rings is 1. The van der Waals surface area contributed by atoms with Gasteiger partial charge in [-0.15, -0.1) is 0 Å². The molecule has 3 heterocycles. The molecule has 1 N–H and O–H groups in total. The summed E-state index contributed by atoms with van der Waals surface area (Å²) in [7, 11) is -3.43. The standard InChI is InChI=1S/C16H26N2O4S/c1-13-5-2-8-17(12-13)23(20,21)18-9-3-6-14(18)11-15(19)16-7-4-10-22-16/h4,7,10,13-15,19H,2-3,5-6,8-9,11-12H2,1H3/t13-,14+,15+/m1/s1. The van der Waals surface area contributed by atoms with Crippen LogP contribution in [0, 0.1) is 5.92 Å². The molecular formula is C16H26N2O4S. The molecule has 2 aliphatic rings. The second kappa shape index (κ2) is 6.93. The largest absolute Gasteiger partial charge is 0.467 e. The zero-order valence-corrected chi connectivity index (χ0v) is 14.4. The Kier molecular flexibility index (Phi) is 5.10. The molecule has 0 saturated carbocycles. The van der Waals surface area contributed by atoms with E-state index in [2.05, 4.69) is 6.92 Å². The van der Waals surface area contributed by atoms with Crippen LogP contribution in [0.2, 0.25) is 0 Å². The quantitative estimate of drug-likeness (QED) is 0.890. The lowest BCUT2D eigenvalue weighted by Crippen LogP contribution is -2.49. The smallest absolute Gasteiger partial charge is 0.282 e. The highest BCUT2D eigenvalue weighted by atomic mass is 32.2. The van der Waals surface area contributed by atoms with Gasteiger partial charge in [0.25, 0.3) is 10.2 Å². The van der Waals surface area contributed by atoms with Crippen molar-refractivity contribution in [1.82, 2.24) is 8.61 Å². The molecule has 1 aromatic heterocycles. The minimum absolute atomic E-state index is 0.155. The van der Waals surface area contributed by atoms with Gasteiger partial charge in [-0.25, -0.2) is 0 Å². The lowest BCUT2D eigenvalue weighted by molar-refractivity contribution is 0.117. The molecule has 0 bridgehead atoms. The maximum absolute atomic E-state index is 13.0. The number of nitrogens with zero attached hydrogens (tertiary/aromatic N) is 2. The predicted octanol–water partition coefficient (Wildman–Crippen LogP) is 2.14. The molecule has 3 rings (SSSR count). The molecule has 0 aliphatic carbocycles. The van der Waals surface area contributed by atoms with E-state index in [0.717, 1.165) is 25.7 Å².